The Morgan fingerprint density at radius 2 is 2.00 bits per heavy atom. The minimum atomic E-state index is -0.267. The van der Waals surface area contributed by atoms with E-state index in [1.807, 2.05) is 24.3 Å². The summed E-state index contributed by atoms with van der Waals surface area (Å²) in [6.45, 7) is 5.38. The van der Waals surface area contributed by atoms with Gasteiger partial charge in [-0.1, -0.05) is 6.07 Å². The summed E-state index contributed by atoms with van der Waals surface area (Å²) in [6, 6.07) is 9.77. The van der Waals surface area contributed by atoms with E-state index in [2.05, 4.69) is 24.5 Å². The summed E-state index contributed by atoms with van der Waals surface area (Å²) >= 11 is 0. The predicted octanol–water partition coefficient (Wildman–Crippen LogP) is 2.80. The summed E-state index contributed by atoms with van der Waals surface area (Å²) < 4.78 is 0. The van der Waals surface area contributed by atoms with Crippen LogP contribution in [0.25, 0.3) is 0 Å². The van der Waals surface area contributed by atoms with Gasteiger partial charge in [0.1, 0.15) is 0 Å². The van der Waals surface area contributed by atoms with Crippen LogP contribution in [0.5, 0.6) is 0 Å². The maximum absolute atomic E-state index is 10.8. The van der Waals surface area contributed by atoms with E-state index in [1.54, 1.807) is 6.07 Å². The van der Waals surface area contributed by atoms with Crippen LogP contribution in [-0.2, 0) is 9.90 Å². The van der Waals surface area contributed by atoms with Crippen molar-refractivity contribution in [1.82, 2.24) is 0 Å². The summed E-state index contributed by atoms with van der Waals surface area (Å²) in [5.41, 5.74) is 1.84. The molecule has 0 heterocycles. The van der Waals surface area contributed by atoms with Crippen LogP contribution in [-0.4, -0.2) is 18.6 Å². The van der Waals surface area contributed by atoms with Crippen LogP contribution in [0.1, 0.15) is 27.2 Å². The molecule has 0 aliphatic heterocycles. The van der Waals surface area contributed by atoms with Crippen LogP contribution >= 0.6 is 0 Å². The Hall–Kier alpha value is -2.06. The minimum Gasteiger partial charge on any atom is -0.383 e. The van der Waals surface area contributed by atoms with Crippen molar-refractivity contribution in [1.29, 1.82) is 5.26 Å². The summed E-state index contributed by atoms with van der Waals surface area (Å²) in [4.78, 5) is 10.8. The predicted molar refractivity (Wildman–Crippen MR) is 75.3 cm³/mol. The van der Waals surface area contributed by atoms with E-state index >= 15 is 0 Å². The van der Waals surface area contributed by atoms with Gasteiger partial charge < -0.3 is 10.6 Å². The molecule has 0 fully saturated rings. The van der Waals surface area contributed by atoms with Gasteiger partial charge in [0.05, 0.1) is 19.1 Å². The molecule has 0 aliphatic rings. The van der Waals surface area contributed by atoms with Crippen LogP contribution in [0, 0.1) is 11.3 Å². The number of hydrogen-bond donors (Lipinski definition) is 2. The largest absolute Gasteiger partial charge is 0.383 e. The number of carbonyl (C=O) groups is 1. The van der Waals surface area contributed by atoms with Crippen LogP contribution in [0.15, 0.2) is 24.3 Å². The van der Waals surface area contributed by atoms with Crippen LogP contribution < -0.4 is 10.6 Å². The molecular formula is C14H20N3O2. The van der Waals surface area contributed by atoms with Crippen molar-refractivity contribution in [2.24, 2.45) is 0 Å². The number of anilines is 2. The lowest BCUT2D eigenvalue weighted by molar-refractivity contribution is -0.114. The second-order valence-corrected chi connectivity index (χ2v) is 4.17. The standard InChI is InChI=1S/C11H16N2O.C3H4NO/c1-8(2)12-10-5-4-6-11(7-10)13-9(3)14;4-2-1-3-5/h4-8,12H,1-3H3,(H,13,14);1,3H2. The Kier molecular flexibility index (Phi) is 8.84. The van der Waals surface area contributed by atoms with Gasteiger partial charge in [0.15, 0.2) is 0 Å². The van der Waals surface area contributed by atoms with Gasteiger partial charge >= 0.3 is 0 Å². The van der Waals surface area contributed by atoms with Crippen molar-refractivity contribution < 1.29 is 9.90 Å². The van der Waals surface area contributed by atoms with Gasteiger partial charge in [-0.15, -0.1) is 0 Å². The quantitative estimate of drug-likeness (QED) is 0.874. The highest BCUT2D eigenvalue weighted by molar-refractivity contribution is 5.89. The Bertz CT molecular complexity index is 425. The van der Waals surface area contributed by atoms with E-state index in [1.165, 1.54) is 6.92 Å². The molecular weight excluding hydrogens is 242 g/mol. The highest BCUT2D eigenvalue weighted by Crippen LogP contribution is 2.15. The molecule has 5 heteroatoms. The van der Waals surface area contributed by atoms with Gasteiger partial charge in [-0.25, -0.2) is 5.11 Å². The van der Waals surface area contributed by atoms with Crippen molar-refractivity contribution in [3.8, 4) is 6.07 Å². The van der Waals surface area contributed by atoms with Gasteiger partial charge in [-0.2, -0.15) is 5.26 Å². The number of hydrogen-bond acceptors (Lipinski definition) is 3. The molecule has 0 bridgehead atoms. The van der Waals surface area contributed by atoms with Crippen molar-refractivity contribution in [2.45, 2.75) is 33.2 Å². The number of benzene rings is 1. The number of nitrogens with one attached hydrogen (secondary N) is 2. The first-order valence-electron chi connectivity index (χ1n) is 6.08. The van der Waals surface area contributed by atoms with E-state index in [-0.39, 0.29) is 18.9 Å². The first-order chi connectivity index (χ1) is 8.99. The molecule has 0 spiro atoms. The van der Waals surface area contributed by atoms with Crippen molar-refractivity contribution in [3.05, 3.63) is 24.3 Å². The molecule has 103 valence electrons. The van der Waals surface area contributed by atoms with E-state index in [9.17, 15) is 9.90 Å². The van der Waals surface area contributed by atoms with Crippen LogP contribution in [0.2, 0.25) is 0 Å². The van der Waals surface area contributed by atoms with Crippen molar-refractivity contribution in [3.63, 3.8) is 0 Å². The molecule has 1 aromatic carbocycles. The first-order valence-corrected chi connectivity index (χ1v) is 6.08. The molecule has 1 amide bonds. The molecule has 1 rings (SSSR count). The molecule has 0 saturated carbocycles. The maximum atomic E-state index is 10.8. The Balaban J connectivity index is 0.000000555. The summed E-state index contributed by atoms with van der Waals surface area (Å²) in [7, 11) is 0. The monoisotopic (exact) mass is 262 g/mol. The van der Waals surface area contributed by atoms with Crippen molar-refractivity contribution >= 4 is 17.3 Å². The normalized spacial score (nSPS) is 9.05. The fraction of sp³-hybridized carbons (Fsp3) is 0.429. The zero-order chi connectivity index (χ0) is 14.7. The highest BCUT2D eigenvalue weighted by atomic mass is 16.2. The average Bonchev–Trinajstić information content (AvgIpc) is 2.29. The van der Waals surface area contributed by atoms with Crippen LogP contribution in [0.3, 0.4) is 0 Å². The smallest absolute Gasteiger partial charge is 0.221 e. The Morgan fingerprint density at radius 3 is 2.42 bits per heavy atom. The third-order valence-corrected chi connectivity index (χ3v) is 1.85. The van der Waals surface area contributed by atoms with E-state index in [0.29, 0.717) is 6.04 Å². The van der Waals surface area contributed by atoms with Gasteiger partial charge in [0.25, 0.3) is 0 Å². The zero-order valence-corrected chi connectivity index (χ0v) is 11.6. The number of nitrogens with zero attached hydrogens (tertiary/aromatic N) is 1. The third kappa shape index (κ3) is 9.62. The molecule has 5 nitrogen and oxygen atoms in total. The number of nitriles is 1. The lowest BCUT2D eigenvalue weighted by atomic mass is 10.2. The molecule has 0 unspecified atom stereocenters. The lowest BCUT2D eigenvalue weighted by Crippen LogP contribution is -2.10. The van der Waals surface area contributed by atoms with Crippen LogP contribution in [0.4, 0.5) is 11.4 Å². The lowest BCUT2D eigenvalue weighted by Gasteiger charge is -2.11. The van der Waals surface area contributed by atoms with Gasteiger partial charge in [0.2, 0.25) is 5.91 Å². The molecule has 0 aromatic heterocycles. The zero-order valence-electron chi connectivity index (χ0n) is 11.6. The molecule has 0 atom stereocenters. The van der Waals surface area contributed by atoms with Gasteiger partial charge in [-0.05, 0) is 32.0 Å². The number of carbonyl (C=O) groups excluding carboxylic acids is 1. The minimum absolute atomic E-state index is 0.0494. The molecule has 19 heavy (non-hydrogen) atoms. The van der Waals surface area contributed by atoms with Gasteiger partial charge in [-0.3, -0.25) is 4.79 Å². The highest BCUT2D eigenvalue weighted by Gasteiger charge is 1.98. The Labute approximate surface area is 114 Å². The molecule has 1 radical (unpaired) electrons. The summed E-state index contributed by atoms with van der Waals surface area (Å²) in [5.74, 6) is -0.0494. The van der Waals surface area contributed by atoms with E-state index in [4.69, 9.17) is 5.26 Å². The van der Waals surface area contributed by atoms with E-state index in [0.717, 1.165) is 11.4 Å². The van der Waals surface area contributed by atoms with Gasteiger partial charge in [0, 0.05) is 24.3 Å². The third-order valence-electron chi connectivity index (χ3n) is 1.85. The topological polar surface area (TPSA) is 84.8 Å². The average molecular weight is 262 g/mol. The molecule has 1 aromatic rings. The fourth-order valence-corrected chi connectivity index (χ4v) is 1.27. The van der Waals surface area contributed by atoms with Crippen molar-refractivity contribution in [2.75, 3.05) is 17.2 Å². The second-order valence-electron chi connectivity index (χ2n) is 4.17. The van der Waals surface area contributed by atoms with E-state index < -0.39 is 0 Å². The second kappa shape index (κ2) is 9.92. The molecule has 0 saturated heterocycles. The number of rotatable bonds is 4. The molecule has 0 aliphatic carbocycles. The molecule has 2 N–H and O–H groups in total. The summed E-state index contributed by atoms with van der Waals surface area (Å²) in [5, 5.41) is 22.9. The summed E-state index contributed by atoms with van der Waals surface area (Å²) in [6.07, 6.45) is 0.139. The maximum Gasteiger partial charge on any atom is 0.221 e. The SMILES string of the molecule is CC(=O)Nc1cccc(NC(C)C)c1.N#CCC[O]. The first kappa shape index (κ1) is 16.9. The Morgan fingerprint density at radius 1 is 1.37 bits per heavy atom. The fourth-order valence-electron chi connectivity index (χ4n) is 1.27. The number of amides is 1.